The van der Waals surface area contributed by atoms with E-state index in [1.54, 1.807) is 6.08 Å². The molecule has 0 spiro atoms. The highest BCUT2D eigenvalue weighted by molar-refractivity contribution is 5.76. The third kappa shape index (κ3) is 4.93. The van der Waals surface area contributed by atoms with Crippen molar-refractivity contribution in [2.75, 3.05) is 6.54 Å². The van der Waals surface area contributed by atoms with Gasteiger partial charge in [0, 0.05) is 18.5 Å². The van der Waals surface area contributed by atoms with Crippen molar-refractivity contribution >= 4 is 5.91 Å². The number of ether oxygens (including phenoxy) is 1. The largest absolute Gasteiger partial charge is 0.439 e. The number of benzene rings is 2. The van der Waals surface area contributed by atoms with Gasteiger partial charge in [0.1, 0.15) is 5.75 Å². The Labute approximate surface area is 172 Å². The number of rotatable bonds is 8. The van der Waals surface area contributed by atoms with E-state index in [1.165, 1.54) is 5.56 Å². The second kappa shape index (κ2) is 9.24. The van der Waals surface area contributed by atoms with E-state index in [2.05, 4.69) is 11.9 Å². The summed E-state index contributed by atoms with van der Waals surface area (Å²) in [6, 6.07) is 16.0. The Kier molecular flexibility index (Phi) is 6.50. The molecule has 5 nitrogen and oxygen atoms in total. The van der Waals surface area contributed by atoms with Crippen LogP contribution < -0.4 is 10.1 Å². The molecule has 2 aromatic carbocycles. The van der Waals surface area contributed by atoms with Crippen molar-refractivity contribution in [3.63, 3.8) is 0 Å². The lowest BCUT2D eigenvalue weighted by atomic mass is 10.1. The summed E-state index contributed by atoms with van der Waals surface area (Å²) in [5.41, 5.74) is 5.01. The lowest BCUT2D eigenvalue weighted by Crippen LogP contribution is -2.23. The Hall–Kier alpha value is -3.34. The van der Waals surface area contributed by atoms with Gasteiger partial charge in [-0.3, -0.25) is 4.79 Å². The molecule has 0 aliphatic rings. The van der Waals surface area contributed by atoms with Crippen LogP contribution in [0.4, 0.5) is 0 Å². The smallest absolute Gasteiger partial charge is 0.226 e. The first-order chi connectivity index (χ1) is 14.0. The number of aromatic nitrogens is 2. The number of aryl methyl sites for hydroxylation is 3. The van der Waals surface area contributed by atoms with Gasteiger partial charge in [-0.15, -0.1) is 6.58 Å². The number of para-hydroxylation sites is 1. The first kappa shape index (κ1) is 20.4. The van der Waals surface area contributed by atoms with Crippen molar-refractivity contribution in [3.05, 3.63) is 83.6 Å². The summed E-state index contributed by atoms with van der Waals surface area (Å²) in [7, 11) is 0. The van der Waals surface area contributed by atoms with Gasteiger partial charge < -0.3 is 10.1 Å². The van der Waals surface area contributed by atoms with Crippen LogP contribution in [0.2, 0.25) is 0 Å². The fourth-order valence-corrected chi connectivity index (χ4v) is 3.13. The average molecular weight is 389 g/mol. The molecule has 5 heteroatoms. The minimum Gasteiger partial charge on any atom is -0.439 e. The lowest BCUT2D eigenvalue weighted by Gasteiger charge is -2.13. The fraction of sp³-hybridized carbons (Fsp3) is 0.250. The van der Waals surface area contributed by atoms with E-state index < -0.39 is 0 Å². The number of hydrogen-bond donors (Lipinski definition) is 1. The molecule has 1 amide bonds. The van der Waals surface area contributed by atoms with Crippen LogP contribution in [0.25, 0.3) is 5.69 Å². The zero-order chi connectivity index (χ0) is 20.8. The third-order valence-electron chi connectivity index (χ3n) is 4.76. The Bertz CT molecular complexity index is 1000. The Morgan fingerprint density at radius 2 is 1.86 bits per heavy atom. The van der Waals surface area contributed by atoms with Crippen molar-refractivity contribution in [1.29, 1.82) is 0 Å². The molecule has 0 saturated carbocycles. The standard InChI is InChI=1S/C24H27N3O2/c1-5-16-25-23(28)15-14-21-19(4)26-27(22-9-7-6-8-18(22)3)24(21)29-20-12-10-17(2)11-13-20/h5-13H,1,14-16H2,2-4H3,(H,25,28). The highest BCUT2D eigenvalue weighted by Crippen LogP contribution is 2.32. The van der Waals surface area contributed by atoms with Crippen LogP contribution in [-0.4, -0.2) is 22.2 Å². The summed E-state index contributed by atoms with van der Waals surface area (Å²) in [6.07, 6.45) is 2.57. The molecule has 1 heterocycles. The molecule has 0 aliphatic heterocycles. The molecule has 1 aromatic heterocycles. The molecule has 0 unspecified atom stereocenters. The van der Waals surface area contributed by atoms with Gasteiger partial charge in [0.2, 0.25) is 11.8 Å². The van der Waals surface area contributed by atoms with Gasteiger partial charge in [-0.25, -0.2) is 0 Å². The van der Waals surface area contributed by atoms with Crippen LogP contribution in [-0.2, 0) is 11.2 Å². The number of nitrogens with one attached hydrogen (secondary N) is 1. The maximum atomic E-state index is 12.1. The second-order valence-electron chi connectivity index (χ2n) is 7.08. The number of nitrogens with zero attached hydrogens (tertiary/aromatic N) is 2. The predicted octanol–water partition coefficient (Wildman–Crippen LogP) is 4.82. The van der Waals surface area contributed by atoms with Crippen LogP contribution in [0.15, 0.2) is 61.2 Å². The van der Waals surface area contributed by atoms with Gasteiger partial charge >= 0.3 is 0 Å². The van der Waals surface area contributed by atoms with E-state index in [1.807, 2.05) is 74.0 Å². The van der Waals surface area contributed by atoms with Crippen molar-refractivity contribution in [1.82, 2.24) is 15.1 Å². The number of carbonyl (C=O) groups excluding carboxylic acids is 1. The molecule has 150 valence electrons. The SMILES string of the molecule is C=CCNC(=O)CCc1c(C)nn(-c2ccccc2C)c1Oc1ccc(C)cc1. The summed E-state index contributed by atoms with van der Waals surface area (Å²) in [5.74, 6) is 1.37. The highest BCUT2D eigenvalue weighted by atomic mass is 16.5. The number of amides is 1. The van der Waals surface area contributed by atoms with Gasteiger partial charge in [0.25, 0.3) is 0 Å². The minimum absolute atomic E-state index is 0.0192. The first-order valence-electron chi connectivity index (χ1n) is 9.76. The van der Waals surface area contributed by atoms with E-state index in [-0.39, 0.29) is 5.91 Å². The average Bonchev–Trinajstić information content (AvgIpc) is 3.01. The van der Waals surface area contributed by atoms with E-state index in [4.69, 9.17) is 9.84 Å². The molecular weight excluding hydrogens is 362 g/mol. The van der Waals surface area contributed by atoms with Crippen LogP contribution in [0, 0.1) is 20.8 Å². The zero-order valence-corrected chi connectivity index (χ0v) is 17.2. The molecule has 0 bridgehead atoms. The number of hydrogen-bond acceptors (Lipinski definition) is 3. The summed E-state index contributed by atoms with van der Waals surface area (Å²) in [6.45, 7) is 10.1. The van der Waals surface area contributed by atoms with E-state index in [0.717, 1.165) is 28.3 Å². The third-order valence-corrected chi connectivity index (χ3v) is 4.76. The fourth-order valence-electron chi connectivity index (χ4n) is 3.13. The van der Waals surface area contributed by atoms with Crippen LogP contribution >= 0.6 is 0 Å². The van der Waals surface area contributed by atoms with E-state index in [9.17, 15) is 4.79 Å². The van der Waals surface area contributed by atoms with Crippen LogP contribution in [0.5, 0.6) is 11.6 Å². The Morgan fingerprint density at radius 1 is 1.14 bits per heavy atom. The highest BCUT2D eigenvalue weighted by Gasteiger charge is 2.20. The first-order valence-corrected chi connectivity index (χ1v) is 9.76. The van der Waals surface area contributed by atoms with Crippen molar-refractivity contribution < 1.29 is 9.53 Å². The van der Waals surface area contributed by atoms with Crippen molar-refractivity contribution in [2.24, 2.45) is 0 Å². The molecule has 1 N–H and O–H groups in total. The summed E-state index contributed by atoms with van der Waals surface area (Å²) < 4.78 is 8.13. The van der Waals surface area contributed by atoms with Crippen molar-refractivity contribution in [3.8, 4) is 17.3 Å². The maximum absolute atomic E-state index is 12.1. The summed E-state index contributed by atoms with van der Waals surface area (Å²) >= 11 is 0. The molecule has 0 saturated heterocycles. The van der Waals surface area contributed by atoms with Gasteiger partial charge in [-0.1, -0.05) is 42.0 Å². The van der Waals surface area contributed by atoms with Crippen LogP contribution in [0.3, 0.4) is 0 Å². The predicted molar refractivity (Wildman–Crippen MR) is 116 cm³/mol. The maximum Gasteiger partial charge on any atom is 0.226 e. The van der Waals surface area contributed by atoms with Crippen molar-refractivity contribution in [2.45, 2.75) is 33.6 Å². The molecule has 0 radical (unpaired) electrons. The molecule has 3 aromatic rings. The zero-order valence-electron chi connectivity index (χ0n) is 17.2. The quantitative estimate of drug-likeness (QED) is 0.562. The molecular formula is C24H27N3O2. The lowest BCUT2D eigenvalue weighted by molar-refractivity contribution is -0.120. The van der Waals surface area contributed by atoms with Crippen LogP contribution in [0.1, 0.15) is 28.8 Å². The summed E-state index contributed by atoms with van der Waals surface area (Å²) in [5, 5.41) is 7.56. The second-order valence-corrected chi connectivity index (χ2v) is 7.08. The number of carbonyl (C=O) groups is 1. The Balaban J connectivity index is 1.98. The molecule has 3 rings (SSSR count). The molecule has 29 heavy (non-hydrogen) atoms. The van der Waals surface area contributed by atoms with E-state index >= 15 is 0 Å². The normalized spacial score (nSPS) is 10.6. The molecule has 0 atom stereocenters. The topological polar surface area (TPSA) is 56.2 Å². The van der Waals surface area contributed by atoms with Gasteiger partial charge in [0.05, 0.1) is 11.4 Å². The monoisotopic (exact) mass is 389 g/mol. The van der Waals surface area contributed by atoms with Gasteiger partial charge in [0.15, 0.2) is 0 Å². The molecule has 0 aliphatic carbocycles. The van der Waals surface area contributed by atoms with Gasteiger partial charge in [-0.2, -0.15) is 9.78 Å². The summed E-state index contributed by atoms with van der Waals surface area (Å²) in [4.78, 5) is 12.1. The Morgan fingerprint density at radius 3 is 2.55 bits per heavy atom. The van der Waals surface area contributed by atoms with Gasteiger partial charge in [-0.05, 0) is 51.0 Å². The van der Waals surface area contributed by atoms with E-state index in [0.29, 0.717) is 25.3 Å². The minimum atomic E-state index is -0.0192. The molecule has 0 fully saturated rings.